The SMILES string of the molecule is Cc1cc(F)c(C(C)NC2CCCCC2CO)cc1F. The second kappa shape index (κ2) is 6.64. The summed E-state index contributed by atoms with van der Waals surface area (Å²) in [7, 11) is 0. The van der Waals surface area contributed by atoms with Crippen molar-refractivity contribution in [2.45, 2.75) is 51.6 Å². The van der Waals surface area contributed by atoms with Crippen LogP contribution in [0.1, 0.15) is 49.8 Å². The van der Waals surface area contributed by atoms with E-state index in [4.69, 9.17) is 0 Å². The van der Waals surface area contributed by atoms with Crippen molar-refractivity contribution in [1.82, 2.24) is 5.32 Å². The first kappa shape index (κ1) is 15.4. The Balaban J connectivity index is 2.11. The van der Waals surface area contributed by atoms with Gasteiger partial charge in [0.05, 0.1) is 0 Å². The maximum atomic E-state index is 14.0. The van der Waals surface area contributed by atoms with E-state index in [2.05, 4.69) is 5.32 Å². The zero-order valence-electron chi connectivity index (χ0n) is 12.1. The van der Waals surface area contributed by atoms with Gasteiger partial charge in [0.1, 0.15) is 11.6 Å². The number of halogens is 2. The van der Waals surface area contributed by atoms with E-state index in [1.807, 2.05) is 6.92 Å². The van der Waals surface area contributed by atoms with E-state index in [0.29, 0.717) is 11.1 Å². The molecule has 1 aliphatic carbocycles. The number of hydrogen-bond acceptors (Lipinski definition) is 2. The van der Waals surface area contributed by atoms with Crippen LogP contribution in [0.3, 0.4) is 0 Å². The largest absolute Gasteiger partial charge is 0.396 e. The molecule has 0 amide bonds. The summed E-state index contributed by atoms with van der Waals surface area (Å²) in [6.07, 6.45) is 4.22. The first-order chi connectivity index (χ1) is 9.52. The van der Waals surface area contributed by atoms with Gasteiger partial charge in [-0.1, -0.05) is 12.8 Å². The molecule has 3 atom stereocenters. The highest BCUT2D eigenvalue weighted by molar-refractivity contribution is 5.27. The zero-order valence-corrected chi connectivity index (χ0v) is 12.1. The summed E-state index contributed by atoms with van der Waals surface area (Å²) >= 11 is 0. The number of hydrogen-bond donors (Lipinski definition) is 2. The lowest BCUT2D eigenvalue weighted by atomic mass is 9.84. The van der Waals surface area contributed by atoms with Gasteiger partial charge in [-0.05, 0) is 50.3 Å². The third kappa shape index (κ3) is 3.36. The van der Waals surface area contributed by atoms with Gasteiger partial charge in [-0.2, -0.15) is 0 Å². The van der Waals surface area contributed by atoms with Crippen LogP contribution < -0.4 is 5.32 Å². The molecule has 20 heavy (non-hydrogen) atoms. The Morgan fingerprint density at radius 3 is 2.65 bits per heavy atom. The van der Waals surface area contributed by atoms with Crippen LogP contribution in [0.15, 0.2) is 12.1 Å². The van der Waals surface area contributed by atoms with Gasteiger partial charge in [0.25, 0.3) is 0 Å². The summed E-state index contributed by atoms with van der Waals surface area (Å²) in [6.45, 7) is 3.55. The van der Waals surface area contributed by atoms with E-state index >= 15 is 0 Å². The Bertz CT molecular complexity index is 464. The molecule has 112 valence electrons. The molecule has 4 heteroatoms. The molecule has 0 aliphatic heterocycles. The van der Waals surface area contributed by atoms with Gasteiger partial charge in [-0.25, -0.2) is 8.78 Å². The van der Waals surface area contributed by atoms with Crippen LogP contribution in [0.25, 0.3) is 0 Å². The van der Waals surface area contributed by atoms with E-state index in [1.165, 1.54) is 12.1 Å². The summed E-state index contributed by atoms with van der Waals surface area (Å²) < 4.78 is 27.6. The van der Waals surface area contributed by atoms with Gasteiger partial charge < -0.3 is 10.4 Å². The van der Waals surface area contributed by atoms with E-state index in [1.54, 1.807) is 6.92 Å². The van der Waals surface area contributed by atoms with Crippen LogP contribution in [0, 0.1) is 24.5 Å². The van der Waals surface area contributed by atoms with Gasteiger partial charge in [0, 0.05) is 24.3 Å². The number of aliphatic hydroxyl groups excluding tert-OH is 1. The van der Waals surface area contributed by atoms with Crippen LogP contribution in [-0.2, 0) is 0 Å². The molecule has 1 aromatic rings. The molecular weight excluding hydrogens is 260 g/mol. The number of nitrogens with one attached hydrogen (secondary N) is 1. The maximum absolute atomic E-state index is 14.0. The van der Waals surface area contributed by atoms with E-state index in [9.17, 15) is 13.9 Å². The summed E-state index contributed by atoms with van der Waals surface area (Å²) in [6, 6.07) is 2.43. The van der Waals surface area contributed by atoms with Gasteiger partial charge in [0.2, 0.25) is 0 Å². The quantitative estimate of drug-likeness (QED) is 0.886. The normalized spacial score (nSPS) is 24.6. The molecule has 0 heterocycles. The molecule has 1 aromatic carbocycles. The number of rotatable bonds is 4. The van der Waals surface area contributed by atoms with Crippen molar-refractivity contribution in [3.8, 4) is 0 Å². The average molecular weight is 283 g/mol. The molecule has 0 radical (unpaired) electrons. The summed E-state index contributed by atoms with van der Waals surface area (Å²) in [5.74, 6) is -0.540. The van der Waals surface area contributed by atoms with Gasteiger partial charge in [-0.3, -0.25) is 0 Å². The first-order valence-electron chi connectivity index (χ1n) is 7.35. The first-order valence-corrected chi connectivity index (χ1v) is 7.35. The van der Waals surface area contributed by atoms with Crippen molar-refractivity contribution < 1.29 is 13.9 Å². The fourth-order valence-corrected chi connectivity index (χ4v) is 3.05. The number of aryl methyl sites for hydroxylation is 1. The third-order valence-electron chi connectivity index (χ3n) is 4.35. The van der Waals surface area contributed by atoms with Crippen molar-refractivity contribution >= 4 is 0 Å². The lowest BCUT2D eigenvalue weighted by Crippen LogP contribution is -2.41. The van der Waals surface area contributed by atoms with E-state index in [0.717, 1.165) is 25.7 Å². The summed E-state index contributed by atoms with van der Waals surface area (Å²) in [4.78, 5) is 0. The van der Waals surface area contributed by atoms with Crippen LogP contribution in [0.4, 0.5) is 8.78 Å². The second-order valence-electron chi connectivity index (χ2n) is 5.84. The zero-order chi connectivity index (χ0) is 14.7. The van der Waals surface area contributed by atoms with Crippen molar-refractivity contribution in [3.63, 3.8) is 0 Å². The maximum Gasteiger partial charge on any atom is 0.128 e. The molecule has 0 aromatic heterocycles. The fraction of sp³-hybridized carbons (Fsp3) is 0.625. The molecule has 0 bridgehead atoms. The highest BCUT2D eigenvalue weighted by Gasteiger charge is 2.26. The van der Waals surface area contributed by atoms with Gasteiger partial charge in [0.15, 0.2) is 0 Å². The molecule has 1 saturated carbocycles. The molecular formula is C16H23F2NO. The average Bonchev–Trinajstić information content (AvgIpc) is 2.43. The Morgan fingerprint density at radius 1 is 1.25 bits per heavy atom. The summed E-state index contributed by atoms with van der Waals surface area (Å²) in [5.41, 5.74) is 0.680. The Hall–Kier alpha value is -1.00. The monoisotopic (exact) mass is 283 g/mol. The highest BCUT2D eigenvalue weighted by Crippen LogP contribution is 2.27. The minimum Gasteiger partial charge on any atom is -0.396 e. The summed E-state index contributed by atoms with van der Waals surface area (Å²) in [5, 5.41) is 12.8. The highest BCUT2D eigenvalue weighted by atomic mass is 19.1. The van der Waals surface area contributed by atoms with Crippen LogP contribution in [0.5, 0.6) is 0 Å². The minimum atomic E-state index is -0.377. The molecule has 2 N–H and O–H groups in total. The minimum absolute atomic E-state index is 0.148. The van der Waals surface area contributed by atoms with Gasteiger partial charge >= 0.3 is 0 Å². The molecule has 1 aliphatic rings. The Kier molecular flexibility index (Phi) is 5.11. The predicted octanol–water partition coefficient (Wildman–Crippen LogP) is 3.47. The molecule has 2 nitrogen and oxygen atoms in total. The number of aliphatic hydroxyl groups is 1. The second-order valence-corrected chi connectivity index (χ2v) is 5.84. The lowest BCUT2D eigenvalue weighted by molar-refractivity contribution is 0.147. The lowest BCUT2D eigenvalue weighted by Gasteiger charge is -2.33. The Labute approximate surface area is 119 Å². The van der Waals surface area contributed by atoms with E-state index < -0.39 is 0 Å². The van der Waals surface area contributed by atoms with Crippen molar-refractivity contribution in [3.05, 3.63) is 34.9 Å². The van der Waals surface area contributed by atoms with Crippen molar-refractivity contribution in [1.29, 1.82) is 0 Å². The van der Waals surface area contributed by atoms with Crippen molar-refractivity contribution in [2.75, 3.05) is 6.61 Å². The van der Waals surface area contributed by atoms with Crippen LogP contribution in [-0.4, -0.2) is 17.8 Å². The van der Waals surface area contributed by atoms with Crippen LogP contribution >= 0.6 is 0 Å². The Morgan fingerprint density at radius 2 is 1.95 bits per heavy atom. The molecule has 1 fully saturated rings. The molecule has 0 spiro atoms. The predicted molar refractivity (Wildman–Crippen MR) is 75.5 cm³/mol. The topological polar surface area (TPSA) is 32.3 Å². The molecule has 0 saturated heterocycles. The standard InChI is InChI=1S/C16H23F2NO/c1-10-7-15(18)13(8-14(10)17)11(2)19-16-6-4-3-5-12(16)9-20/h7-8,11-12,16,19-20H,3-6,9H2,1-2H3. The molecule has 3 unspecified atom stereocenters. The third-order valence-corrected chi connectivity index (χ3v) is 4.35. The van der Waals surface area contributed by atoms with Crippen LogP contribution in [0.2, 0.25) is 0 Å². The smallest absolute Gasteiger partial charge is 0.128 e. The number of benzene rings is 1. The van der Waals surface area contributed by atoms with Crippen molar-refractivity contribution in [2.24, 2.45) is 5.92 Å². The fourth-order valence-electron chi connectivity index (χ4n) is 3.05. The van der Waals surface area contributed by atoms with Gasteiger partial charge in [-0.15, -0.1) is 0 Å². The van der Waals surface area contributed by atoms with E-state index in [-0.39, 0.29) is 36.2 Å². The molecule has 2 rings (SSSR count).